The predicted molar refractivity (Wildman–Crippen MR) is 101 cm³/mol. The topological polar surface area (TPSA) is 55.8 Å². The third kappa shape index (κ3) is 3.61. The quantitative estimate of drug-likeness (QED) is 0.475. The molecule has 0 atom stereocenters. The lowest BCUT2D eigenvalue weighted by Crippen LogP contribution is -2.14. The van der Waals surface area contributed by atoms with Crippen LogP contribution in [0, 0.1) is 5.92 Å². The van der Waals surface area contributed by atoms with Crippen LogP contribution < -0.4 is 14.4 Å². The van der Waals surface area contributed by atoms with Gasteiger partial charge in [0.1, 0.15) is 11.5 Å². The lowest BCUT2D eigenvalue weighted by molar-refractivity contribution is -0.137. The molecule has 1 aliphatic heterocycles. The average molecular weight is 351 g/mol. The van der Waals surface area contributed by atoms with Crippen LogP contribution in [0.1, 0.15) is 29.8 Å². The number of rotatable bonds is 4. The van der Waals surface area contributed by atoms with Gasteiger partial charge in [-0.2, -0.15) is 0 Å². The van der Waals surface area contributed by atoms with Crippen LogP contribution in [-0.2, 0) is 4.79 Å². The molecule has 0 aromatic heterocycles. The molecule has 0 radical (unpaired) electrons. The van der Waals surface area contributed by atoms with Crippen LogP contribution in [0.5, 0.6) is 11.5 Å². The Balaban J connectivity index is 1.81. The van der Waals surface area contributed by atoms with E-state index < -0.39 is 0 Å². The van der Waals surface area contributed by atoms with Gasteiger partial charge in [0.25, 0.3) is 0 Å². The van der Waals surface area contributed by atoms with Gasteiger partial charge in [0.05, 0.1) is 11.5 Å². The van der Waals surface area contributed by atoms with Gasteiger partial charge in [0.15, 0.2) is 5.76 Å². The van der Waals surface area contributed by atoms with Crippen LogP contribution in [0.15, 0.2) is 48.2 Å². The van der Waals surface area contributed by atoms with E-state index in [1.165, 1.54) is 0 Å². The highest BCUT2D eigenvalue weighted by Crippen LogP contribution is 2.35. The number of carbonyl (C=O) groups excluding carboxylic acids is 2. The number of anilines is 1. The lowest BCUT2D eigenvalue weighted by atomic mass is 10.1. The van der Waals surface area contributed by atoms with Crippen molar-refractivity contribution in [3.8, 4) is 11.5 Å². The number of nitrogens with zero attached hydrogens (tertiary/aromatic N) is 1. The van der Waals surface area contributed by atoms with Crippen LogP contribution in [0.2, 0.25) is 0 Å². The Labute approximate surface area is 152 Å². The van der Waals surface area contributed by atoms with Crippen molar-refractivity contribution < 1.29 is 19.1 Å². The lowest BCUT2D eigenvalue weighted by Gasteiger charge is -2.11. The number of carbonyl (C=O) groups is 2. The number of benzene rings is 2. The summed E-state index contributed by atoms with van der Waals surface area (Å²) in [6.07, 6.45) is 1.71. The van der Waals surface area contributed by atoms with Gasteiger partial charge >= 0.3 is 5.97 Å². The van der Waals surface area contributed by atoms with Crippen molar-refractivity contribution in [2.45, 2.75) is 13.8 Å². The van der Waals surface area contributed by atoms with Crippen molar-refractivity contribution in [2.75, 3.05) is 19.0 Å². The molecule has 0 amide bonds. The van der Waals surface area contributed by atoms with Gasteiger partial charge < -0.3 is 14.4 Å². The highest BCUT2D eigenvalue weighted by molar-refractivity contribution is 6.14. The van der Waals surface area contributed by atoms with Crippen molar-refractivity contribution >= 4 is 23.5 Å². The first-order valence-electron chi connectivity index (χ1n) is 8.42. The Kier molecular flexibility index (Phi) is 4.80. The number of hydrogen-bond acceptors (Lipinski definition) is 5. The molecule has 0 unspecified atom stereocenters. The second-order valence-corrected chi connectivity index (χ2v) is 6.66. The summed E-state index contributed by atoms with van der Waals surface area (Å²) in [5.74, 6) is 0.285. The van der Waals surface area contributed by atoms with Crippen molar-refractivity contribution in [2.24, 2.45) is 5.92 Å². The minimum atomic E-state index is -0.328. The molecular formula is C21H21NO4. The zero-order chi connectivity index (χ0) is 18.8. The number of ether oxygens (including phenoxy) is 2. The third-order valence-corrected chi connectivity index (χ3v) is 4.04. The van der Waals surface area contributed by atoms with E-state index in [1.54, 1.807) is 38.1 Å². The van der Waals surface area contributed by atoms with E-state index in [0.717, 1.165) is 11.3 Å². The SMILES string of the molecule is CC(C)C(=O)Oc1ccc2c(c1)O/C(=C\c1ccc(N(C)C)cc1)C2=O. The standard InChI is InChI=1S/C21H21NO4/c1-13(2)21(24)25-16-9-10-17-18(12-16)26-19(20(17)23)11-14-5-7-15(8-6-14)22(3)4/h5-13H,1-4H3/b19-11-. The Morgan fingerprint density at radius 3 is 2.42 bits per heavy atom. The summed E-state index contributed by atoms with van der Waals surface area (Å²) in [4.78, 5) is 26.2. The molecule has 1 heterocycles. The van der Waals surface area contributed by atoms with E-state index in [4.69, 9.17) is 9.47 Å². The maximum atomic E-state index is 12.5. The van der Waals surface area contributed by atoms with Gasteiger partial charge in [-0.05, 0) is 35.9 Å². The first kappa shape index (κ1) is 17.7. The largest absolute Gasteiger partial charge is 0.452 e. The van der Waals surface area contributed by atoms with Gasteiger partial charge in [0, 0.05) is 25.8 Å². The molecule has 0 bridgehead atoms. The highest BCUT2D eigenvalue weighted by Gasteiger charge is 2.28. The van der Waals surface area contributed by atoms with Crippen molar-refractivity contribution in [3.05, 3.63) is 59.4 Å². The molecule has 134 valence electrons. The zero-order valence-corrected chi connectivity index (χ0v) is 15.3. The molecule has 0 spiro atoms. The van der Waals surface area contributed by atoms with Gasteiger partial charge in [0.2, 0.25) is 5.78 Å². The first-order valence-corrected chi connectivity index (χ1v) is 8.42. The maximum Gasteiger partial charge on any atom is 0.313 e. The summed E-state index contributed by atoms with van der Waals surface area (Å²) in [6, 6.07) is 12.6. The number of hydrogen-bond donors (Lipinski definition) is 0. The number of esters is 1. The first-order chi connectivity index (χ1) is 12.3. The van der Waals surface area contributed by atoms with Gasteiger partial charge in [-0.25, -0.2) is 0 Å². The van der Waals surface area contributed by atoms with Crippen LogP contribution in [0.4, 0.5) is 5.69 Å². The van der Waals surface area contributed by atoms with Gasteiger partial charge in [-0.3, -0.25) is 9.59 Å². The van der Waals surface area contributed by atoms with Crippen molar-refractivity contribution in [3.63, 3.8) is 0 Å². The number of fused-ring (bicyclic) bond motifs is 1. The summed E-state index contributed by atoms with van der Waals surface area (Å²) in [5.41, 5.74) is 2.41. The molecule has 5 nitrogen and oxygen atoms in total. The fraction of sp³-hybridized carbons (Fsp3) is 0.238. The monoisotopic (exact) mass is 351 g/mol. The zero-order valence-electron chi connectivity index (χ0n) is 15.3. The molecule has 2 aromatic carbocycles. The maximum absolute atomic E-state index is 12.5. The second kappa shape index (κ2) is 7.04. The molecule has 0 fully saturated rings. The van der Waals surface area contributed by atoms with Crippen molar-refractivity contribution in [1.82, 2.24) is 0 Å². The molecule has 3 rings (SSSR count). The average Bonchev–Trinajstić information content (AvgIpc) is 2.90. The molecule has 0 saturated heterocycles. The third-order valence-electron chi connectivity index (χ3n) is 4.04. The number of Topliss-reactive ketones (excluding diaryl/α,β-unsaturated/α-hetero) is 1. The highest BCUT2D eigenvalue weighted by atomic mass is 16.5. The summed E-state index contributed by atoms with van der Waals surface area (Å²) in [5, 5.41) is 0. The Morgan fingerprint density at radius 1 is 1.12 bits per heavy atom. The minimum absolute atomic E-state index is 0.182. The molecule has 5 heteroatoms. The van der Waals surface area contributed by atoms with E-state index in [0.29, 0.717) is 17.1 Å². The van der Waals surface area contributed by atoms with Crippen LogP contribution >= 0.6 is 0 Å². The summed E-state index contributed by atoms with van der Waals surface area (Å²) in [7, 11) is 3.94. The predicted octanol–water partition coefficient (Wildman–Crippen LogP) is 3.93. The van der Waals surface area contributed by atoms with E-state index in [9.17, 15) is 9.59 Å². The minimum Gasteiger partial charge on any atom is -0.452 e. The molecule has 0 aliphatic carbocycles. The van der Waals surface area contributed by atoms with Crippen LogP contribution in [0.25, 0.3) is 6.08 Å². The van der Waals surface area contributed by atoms with Crippen LogP contribution in [0.3, 0.4) is 0 Å². The smallest absolute Gasteiger partial charge is 0.313 e. The van der Waals surface area contributed by atoms with Crippen molar-refractivity contribution in [1.29, 1.82) is 0 Å². The van der Waals surface area contributed by atoms with E-state index in [-0.39, 0.29) is 23.4 Å². The molecule has 26 heavy (non-hydrogen) atoms. The Bertz CT molecular complexity index is 879. The fourth-order valence-corrected chi connectivity index (χ4v) is 2.48. The molecule has 2 aromatic rings. The fourth-order valence-electron chi connectivity index (χ4n) is 2.48. The normalized spacial score (nSPS) is 14.3. The number of allylic oxidation sites excluding steroid dienone is 1. The van der Waals surface area contributed by atoms with Gasteiger partial charge in [-0.1, -0.05) is 26.0 Å². The molecular weight excluding hydrogens is 330 g/mol. The molecule has 0 N–H and O–H groups in total. The second-order valence-electron chi connectivity index (χ2n) is 6.66. The van der Waals surface area contributed by atoms with Gasteiger partial charge in [-0.15, -0.1) is 0 Å². The van der Waals surface area contributed by atoms with E-state index in [2.05, 4.69) is 0 Å². The van der Waals surface area contributed by atoms with E-state index in [1.807, 2.05) is 43.3 Å². The Morgan fingerprint density at radius 2 is 1.81 bits per heavy atom. The summed E-state index contributed by atoms with van der Waals surface area (Å²) >= 11 is 0. The van der Waals surface area contributed by atoms with Crippen LogP contribution in [-0.4, -0.2) is 25.8 Å². The Hall–Kier alpha value is -3.08. The summed E-state index contributed by atoms with van der Waals surface area (Å²) < 4.78 is 11.0. The molecule has 0 saturated carbocycles. The number of ketones is 1. The molecule has 1 aliphatic rings. The van der Waals surface area contributed by atoms with E-state index >= 15 is 0 Å². The summed E-state index contributed by atoms with van der Waals surface area (Å²) in [6.45, 7) is 3.52.